The van der Waals surface area contributed by atoms with E-state index in [4.69, 9.17) is 18.9 Å². The molecule has 0 unspecified atom stereocenters. The molecule has 0 aliphatic carbocycles. The Balaban J connectivity index is 1.46. The average Bonchev–Trinajstić information content (AvgIpc) is 3.41. The smallest absolute Gasteiger partial charge is 0.329 e. The van der Waals surface area contributed by atoms with Gasteiger partial charge in [0.05, 0.1) is 26.0 Å². The Kier molecular flexibility index (Phi) is 10.1. The molecule has 2 aromatic rings. The highest BCUT2D eigenvalue weighted by molar-refractivity contribution is 6.35. The van der Waals surface area contributed by atoms with Crippen molar-refractivity contribution in [2.24, 2.45) is 5.10 Å². The number of nitrogens with zero attached hydrogens (tertiary/aromatic N) is 1. The quantitative estimate of drug-likeness (QED) is 0.244. The number of anilines is 1. The van der Waals surface area contributed by atoms with E-state index in [2.05, 4.69) is 21.2 Å². The fourth-order valence-electron chi connectivity index (χ4n) is 3.33. The van der Waals surface area contributed by atoms with Gasteiger partial charge < -0.3 is 29.6 Å². The van der Waals surface area contributed by atoms with Crippen LogP contribution in [0.5, 0.6) is 17.2 Å². The van der Waals surface area contributed by atoms with Crippen LogP contribution in [0.2, 0.25) is 0 Å². The first kappa shape index (κ1) is 26.5. The van der Waals surface area contributed by atoms with Gasteiger partial charge in [-0.15, -0.1) is 0 Å². The summed E-state index contributed by atoms with van der Waals surface area (Å²) in [6, 6.07) is 11.9. The van der Waals surface area contributed by atoms with Crippen LogP contribution in [-0.4, -0.2) is 63.5 Å². The first-order valence-corrected chi connectivity index (χ1v) is 11.5. The summed E-state index contributed by atoms with van der Waals surface area (Å²) in [6.07, 6.45) is 3.10. The van der Waals surface area contributed by atoms with Crippen molar-refractivity contribution in [2.75, 3.05) is 38.8 Å². The van der Waals surface area contributed by atoms with Crippen LogP contribution in [0.3, 0.4) is 0 Å². The number of methoxy groups -OCH3 is 1. The largest absolute Gasteiger partial charge is 0.494 e. The van der Waals surface area contributed by atoms with E-state index in [9.17, 15) is 14.4 Å². The first-order chi connectivity index (χ1) is 17.5. The van der Waals surface area contributed by atoms with Gasteiger partial charge in [0.25, 0.3) is 5.91 Å². The number of carbonyl (C=O) groups excluding carboxylic acids is 3. The van der Waals surface area contributed by atoms with Crippen LogP contribution in [0.1, 0.15) is 25.3 Å². The molecule has 0 bridgehead atoms. The summed E-state index contributed by atoms with van der Waals surface area (Å²) in [5.41, 5.74) is 3.38. The zero-order valence-electron chi connectivity index (χ0n) is 20.2. The molecule has 1 heterocycles. The lowest BCUT2D eigenvalue weighted by atomic mass is 10.2. The van der Waals surface area contributed by atoms with E-state index < -0.39 is 11.8 Å². The van der Waals surface area contributed by atoms with Crippen molar-refractivity contribution in [1.82, 2.24) is 10.7 Å². The maximum atomic E-state index is 12.2. The van der Waals surface area contributed by atoms with E-state index in [0.29, 0.717) is 36.0 Å². The van der Waals surface area contributed by atoms with Crippen molar-refractivity contribution in [2.45, 2.75) is 25.9 Å². The Morgan fingerprint density at radius 1 is 1.08 bits per heavy atom. The summed E-state index contributed by atoms with van der Waals surface area (Å²) >= 11 is 0. The Bertz CT molecular complexity index is 1070. The number of nitrogens with one attached hydrogen (secondary N) is 3. The van der Waals surface area contributed by atoms with Crippen molar-refractivity contribution in [3.05, 3.63) is 48.0 Å². The predicted octanol–water partition coefficient (Wildman–Crippen LogP) is 1.86. The zero-order valence-corrected chi connectivity index (χ0v) is 20.2. The molecule has 11 nitrogen and oxygen atoms in total. The summed E-state index contributed by atoms with van der Waals surface area (Å²) in [5, 5.41) is 9.06. The van der Waals surface area contributed by atoms with E-state index >= 15 is 0 Å². The normalized spacial score (nSPS) is 14.8. The Morgan fingerprint density at radius 2 is 1.89 bits per heavy atom. The minimum absolute atomic E-state index is 0.0586. The number of hydrogen-bond donors (Lipinski definition) is 3. The van der Waals surface area contributed by atoms with Crippen LogP contribution in [0, 0.1) is 0 Å². The van der Waals surface area contributed by atoms with Gasteiger partial charge in [0, 0.05) is 18.8 Å². The molecule has 1 atom stereocenters. The van der Waals surface area contributed by atoms with Crippen LogP contribution < -0.4 is 30.3 Å². The SMILES string of the molecule is CCOc1ccc(NC(=O)COc2ccc(/C=N\NC(=O)C(=O)NC[C@@H]3CCCO3)cc2OC)cc1. The first-order valence-electron chi connectivity index (χ1n) is 11.5. The number of hydrogen-bond acceptors (Lipinski definition) is 8. The molecule has 3 amide bonds. The molecule has 0 radical (unpaired) electrons. The molecule has 3 N–H and O–H groups in total. The van der Waals surface area contributed by atoms with Crippen molar-refractivity contribution in [1.29, 1.82) is 0 Å². The second-order valence-electron chi connectivity index (χ2n) is 7.75. The fraction of sp³-hybridized carbons (Fsp3) is 0.360. The van der Waals surface area contributed by atoms with Crippen molar-refractivity contribution < 1.29 is 33.3 Å². The second kappa shape index (κ2) is 13.7. The number of hydrazone groups is 1. The lowest BCUT2D eigenvalue weighted by Crippen LogP contribution is -2.41. The standard InChI is InChI=1S/C25H30N4O7/c1-3-34-19-9-7-18(8-10-19)28-23(30)16-36-21-11-6-17(13-22(21)33-2)14-27-29-25(32)24(31)26-15-20-5-4-12-35-20/h6-11,13-14,20H,3-5,12,15-16H2,1-2H3,(H,26,31)(H,28,30)(H,29,32)/b27-14-/t20-/m0/s1. The molecule has 0 spiro atoms. The number of rotatable bonds is 11. The lowest BCUT2D eigenvalue weighted by Gasteiger charge is -2.12. The maximum Gasteiger partial charge on any atom is 0.329 e. The van der Waals surface area contributed by atoms with Gasteiger partial charge in [0.15, 0.2) is 18.1 Å². The van der Waals surface area contributed by atoms with Gasteiger partial charge in [0.1, 0.15) is 5.75 Å². The molecule has 11 heteroatoms. The molecular formula is C25H30N4O7. The third-order valence-corrected chi connectivity index (χ3v) is 5.10. The van der Waals surface area contributed by atoms with Crippen molar-refractivity contribution in [3.63, 3.8) is 0 Å². The second-order valence-corrected chi connectivity index (χ2v) is 7.75. The molecule has 36 heavy (non-hydrogen) atoms. The van der Waals surface area contributed by atoms with Crippen LogP contribution >= 0.6 is 0 Å². The molecule has 0 aromatic heterocycles. The summed E-state index contributed by atoms with van der Waals surface area (Å²) < 4.78 is 21.7. The van der Waals surface area contributed by atoms with Gasteiger partial charge in [-0.2, -0.15) is 5.10 Å². The molecule has 2 aromatic carbocycles. The zero-order chi connectivity index (χ0) is 25.8. The van der Waals surface area contributed by atoms with Crippen molar-refractivity contribution >= 4 is 29.6 Å². The summed E-state index contributed by atoms with van der Waals surface area (Å²) in [6.45, 7) is 3.19. The monoisotopic (exact) mass is 498 g/mol. The number of ether oxygens (including phenoxy) is 4. The molecule has 1 fully saturated rings. The van der Waals surface area contributed by atoms with E-state index in [0.717, 1.165) is 18.6 Å². The average molecular weight is 499 g/mol. The third kappa shape index (κ3) is 8.27. The van der Waals surface area contributed by atoms with Gasteiger partial charge in [-0.1, -0.05) is 0 Å². The van der Waals surface area contributed by atoms with Crippen LogP contribution in [-0.2, 0) is 19.1 Å². The van der Waals surface area contributed by atoms with Crippen molar-refractivity contribution in [3.8, 4) is 17.2 Å². The van der Waals surface area contributed by atoms with E-state index in [1.54, 1.807) is 42.5 Å². The molecule has 3 rings (SSSR count). The summed E-state index contributed by atoms with van der Waals surface area (Å²) in [7, 11) is 1.46. The molecule has 192 valence electrons. The topological polar surface area (TPSA) is 137 Å². The minimum atomic E-state index is -0.880. The summed E-state index contributed by atoms with van der Waals surface area (Å²) in [4.78, 5) is 36.0. The fourth-order valence-corrected chi connectivity index (χ4v) is 3.33. The van der Waals surface area contributed by atoms with E-state index in [1.165, 1.54) is 13.3 Å². The molecule has 1 saturated heterocycles. The molecular weight excluding hydrogens is 468 g/mol. The van der Waals surface area contributed by atoms with Gasteiger partial charge in [-0.05, 0) is 67.8 Å². The number of benzene rings is 2. The molecule has 0 saturated carbocycles. The minimum Gasteiger partial charge on any atom is -0.494 e. The van der Waals surface area contributed by atoms with E-state index in [-0.39, 0.29) is 25.2 Å². The molecule has 1 aliphatic heterocycles. The third-order valence-electron chi connectivity index (χ3n) is 5.10. The predicted molar refractivity (Wildman–Crippen MR) is 132 cm³/mol. The van der Waals surface area contributed by atoms with E-state index in [1.807, 2.05) is 6.92 Å². The lowest BCUT2D eigenvalue weighted by molar-refractivity contribution is -0.139. The Labute approximate surface area is 209 Å². The van der Waals surface area contributed by atoms with Gasteiger partial charge in [0.2, 0.25) is 0 Å². The van der Waals surface area contributed by atoms with Gasteiger partial charge >= 0.3 is 11.8 Å². The van der Waals surface area contributed by atoms with Gasteiger partial charge in [-0.3, -0.25) is 14.4 Å². The Morgan fingerprint density at radius 3 is 2.58 bits per heavy atom. The molecule has 1 aliphatic rings. The van der Waals surface area contributed by atoms with Crippen LogP contribution in [0.25, 0.3) is 0 Å². The number of amides is 3. The highest BCUT2D eigenvalue weighted by atomic mass is 16.5. The Hall–Kier alpha value is -4.12. The van der Waals surface area contributed by atoms with Crippen LogP contribution in [0.4, 0.5) is 5.69 Å². The highest BCUT2D eigenvalue weighted by Crippen LogP contribution is 2.27. The number of carbonyl (C=O) groups is 3. The van der Waals surface area contributed by atoms with Crippen LogP contribution in [0.15, 0.2) is 47.6 Å². The van der Waals surface area contributed by atoms with Gasteiger partial charge in [-0.25, -0.2) is 5.43 Å². The summed E-state index contributed by atoms with van der Waals surface area (Å²) in [5.74, 6) is -0.561. The highest BCUT2D eigenvalue weighted by Gasteiger charge is 2.19. The maximum absolute atomic E-state index is 12.2.